The summed E-state index contributed by atoms with van der Waals surface area (Å²) in [4.78, 5) is 6.67. The molecule has 0 aliphatic rings. The van der Waals surface area contributed by atoms with Crippen molar-refractivity contribution in [3.8, 4) is 5.75 Å². The van der Waals surface area contributed by atoms with Crippen molar-refractivity contribution in [2.75, 3.05) is 25.9 Å². The average molecular weight is 271 g/mol. The number of hydrogen-bond donors (Lipinski definition) is 1. The molecule has 1 aromatic heterocycles. The minimum Gasteiger partial charge on any atom is -0.490 e. The number of benzene rings is 1. The number of nitrogens with zero attached hydrogens (tertiary/aromatic N) is 2. The molecule has 0 aliphatic heterocycles. The molecule has 0 saturated carbocycles. The second-order valence-electron chi connectivity index (χ2n) is 4.89. The van der Waals surface area contributed by atoms with E-state index < -0.39 is 0 Å². The fraction of sp³-hybridized carbons (Fsp3) is 0.312. The highest BCUT2D eigenvalue weighted by Gasteiger charge is 2.03. The fourth-order valence-electron chi connectivity index (χ4n) is 1.97. The van der Waals surface area contributed by atoms with Gasteiger partial charge < -0.3 is 10.5 Å². The molecule has 0 unspecified atom stereocenters. The summed E-state index contributed by atoms with van der Waals surface area (Å²) < 4.78 is 5.68. The van der Waals surface area contributed by atoms with Crippen molar-refractivity contribution >= 4 is 5.69 Å². The summed E-state index contributed by atoms with van der Waals surface area (Å²) in [6.07, 6.45) is 0. The number of anilines is 1. The van der Waals surface area contributed by atoms with Crippen LogP contribution in [-0.2, 0) is 6.54 Å². The number of likely N-dealkylation sites (N-methyl/N-ethyl adjacent to an activating group) is 1. The molecule has 1 heterocycles. The van der Waals surface area contributed by atoms with E-state index in [1.165, 1.54) is 0 Å². The Hall–Kier alpha value is -2.07. The fourth-order valence-corrected chi connectivity index (χ4v) is 1.97. The van der Waals surface area contributed by atoms with Crippen molar-refractivity contribution in [2.24, 2.45) is 0 Å². The second-order valence-corrected chi connectivity index (χ2v) is 4.89. The van der Waals surface area contributed by atoms with E-state index in [-0.39, 0.29) is 0 Å². The summed E-state index contributed by atoms with van der Waals surface area (Å²) in [7, 11) is 2.06. The van der Waals surface area contributed by atoms with E-state index in [1.807, 2.05) is 49.4 Å². The molecule has 0 fully saturated rings. The van der Waals surface area contributed by atoms with Crippen LogP contribution in [-0.4, -0.2) is 30.1 Å². The molecule has 0 spiro atoms. The Labute approximate surface area is 120 Å². The number of nitrogen functional groups attached to an aromatic ring is 1. The zero-order chi connectivity index (χ0) is 14.4. The van der Waals surface area contributed by atoms with E-state index in [0.29, 0.717) is 12.3 Å². The molecule has 0 radical (unpaired) electrons. The van der Waals surface area contributed by atoms with Crippen LogP contribution in [0.25, 0.3) is 0 Å². The van der Waals surface area contributed by atoms with Crippen LogP contribution in [0.3, 0.4) is 0 Å². The Morgan fingerprint density at radius 1 is 1.15 bits per heavy atom. The molecule has 0 aliphatic carbocycles. The second kappa shape index (κ2) is 6.91. The van der Waals surface area contributed by atoms with Gasteiger partial charge in [0.25, 0.3) is 0 Å². The minimum absolute atomic E-state index is 0.608. The van der Waals surface area contributed by atoms with Gasteiger partial charge in [-0.2, -0.15) is 0 Å². The Balaban J connectivity index is 1.78. The Morgan fingerprint density at radius 2 is 1.95 bits per heavy atom. The summed E-state index contributed by atoms with van der Waals surface area (Å²) in [5.74, 6) is 0.745. The van der Waals surface area contributed by atoms with Crippen molar-refractivity contribution in [1.29, 1.82) is 0 Å². The van der Waals surface area contributed by atoms with E-state index in [1.54, 1.807) is 0 Å². The highest BCUT2D eigenvalue weighted by Crippen LogP contribution is 2.19. The predicted molar refractivity (Wildman–Crippen MR) is 81.7 cm³/mol. The summed E-state index contributed by atoms with van der Waals surface area (Å²) in [6, 6.07) is 13.6. The van der Waals surface area contributed by atoms with Crippen molar-refractivity contribution in [1.82, 2.24) is 9.88 Å². The first-order valence-electron chi connectivity index (χ1n) is 6.73. The molecule has 0 saturated heterocycles. The zero-order valence-electron chi connectivity index (χ0n) is 12.0. The first-order valence-corrected chi connectivity index (χ1v) is 6.73. The van der Waals surface area contributed by atoms with Crippen molar-refractivity contribution in [3.05, 3.63) is 53.9 Å². The van der Waals surface area contributed by atoms with Crippen LogP contribution in [0.15, 0.2) is 42.5 Å². The Morgan fingerprint density at radius 3 is 2.70 bits per heavy atom. The van der Waals surface area contributed by atoms with E-state index in [2.05, 4.69) is 16.9 Å². The van der Waals surface area contributed by atoms with Gasteiger partial charge in [0, 0.05) is 18.8 Å². The first-order chi connectivity index (χ1) is 9.65. The number of para-hydroxylation sites is 2. The van der Waals surface area contributed by atoms with Crippen LogP contribution < -0.4 is 10.5 Å². The topological polar surface area (TPSA) is 51.4 Å². The minimum atomic E-state index is 0.608. The van der Waals surface area contributed by atoms with E-state index >= 15 is 0 Å². The van der Waals surface area contributed by atoms with Gasteiger partial charge in [0.15, 0.2) is 0 Å². The SMILES string of the molecule is Cc1cccc(CN(C)CCOc2ccccc2N)n1. The van der Waals surface area contributed by atoms with Crippen molar-refractivity contribution in [3.63, 3.8) is 0 Å². The number of aryl methyl sites for hydroxylation is 1. The molecule has 0 amide bonds. The lowest BCUT2D eigenvalue weighted by atomic mass is 10.3. The lowest BCUT2D eigenvalue weighted by Crippen LogP contribution is -2.24. The zero-order valence-corrected chi connectivity index (χ0v) is 12.0. The molecule has 0 bridgehead atoms. The van der Waals surface area contributed by atoms with Gasteiger partial charge in [-0.05, 0) is 38.2 Å². The Bertz CT molecular complexity index is 557. The van der Waals surface area contributed by atoms with Gasteiger partial charge in [-0.25, -0.2) is 0 Å². The van der Waals surface area contributed by atoms with Crippen molar-refractivity contribution < 1.29 is 4.74 Å². The molecule has 0 atom stereocenters. The first kappa shape index (κ1) is 14.3. The van der Waals surface area contributed by atoms with Crippen LogP contribution in [0.2, 0.25) is 0 Å². The van der Waals surface area contributed by atoms with Crippen LogP contribution in [0, 0.1) is 6.92 Å². The number of ether oxygens (including phenoxy) is 1. The molecule has 2 rings (SSSR count). The standard InChI is InChI=1S/C16H21N3O/c1-13-6-5-7-14(18-13)12-19(2)10-11-20-16-9-4-3-8-15(16)17/h3-9H,10-12,17H2,1-2H3. The lowest BCUT2D eigenvalue weighted by molar-refractivity contribution is 0.232. The summed E-state index contributed by atoms with van der Waals surface area (Å²) in [5, 5.41) is 0. The van der Waals surface area contributed by atoms with Crippen LogP contribution in [0.5, 0.6) is 5.75 Å². The van der Waals surface area contributed by atoms with Gasteiger partial charge in [-0.3, -0.25) is 9.88 Å². The third kappa shape index (κ3) is 4.24. The quantitative estimate of drug-likeness (QED) is 0.820. The smallest absolute Gasteiger partial charge is 0.142 e. The molecular weight excluding hydrogens is 250 g/mol. The maximum absolute atomic E-state index is 5.83. The van der Waals surface area contributed by atoms with Gasteiger partial charge in [-0.15, -0.1) is 0 Å². The van der Waals surface area contributed by atoms with Gasteiger partial charge in [-0.1, -0.05) is 18.2 Å². The van der Waals surface area contributed by atoms with Gasteiger partial charge in [0.05, 0.1) is 11.4 Å². The number of aromatic nitrogens is 1. The van der Waals surface area contributed by atoms with Crippen LogP contribution >= 0.6 is 0 Å². The lowest BCUT2D eigenvalue weighted by Gasteiger charge is -2.17. The molecule has 1 aromatic carbocycles. The van der Waals surface area contributed by atoms with E-state index in [4.69, 9.17) is 10.5 Å². The highest BCUT2D eigenvalue weighted by molar-refractivity contribution is 5.51. The van der Waals surface area contributed by atoms with Crippen molar-refractivity contribution in [2.45, 2.75) is 13.5 Å². The molecule has 2 N–H and O–H groups in total. The molecule has 106 valence electrons. The molecule has 20 heavy (non-hydrogen) atoms. The maximum atomic E-state index is 5.83. The van der Waals surface area contributed by atoms with Gasteiger partial charge in [0.2, 0.25) is 0 Å². The maximum Gasteiger partial charge on any atom is 0.142 e. The predicted octanol–water partition coefficient (Wildman–Crippen LogP) is 2.48. The molecule has 4 nitrogen and oxygen atoms in total. The average Bonchev–Trinajstić information content (AvgIpc) is 2.41. The largest absolute Gasteiger partial charge is 0.490 e. The summed E-state index contributed by atoms with van der Waals surface area (Å²) in [5.41, 5.74) is 8.63. The van der Waals surface area contributed by atoms with E-state index in [0.717, 1.165) is 30.2 Å². The number of nitrogens with two attached hydrogens (primary N) is 1. The van der Waals surface area contributed by atoms with Gasteiger partial charge in [0.1, 0.15) is 12.4 Å². The third-order valence-electron chi connectivity index (χ3n) is 3.03. The van der Waals surface area contributed by atoms with Crippen LogP contribution in [0.1, 0.15) is 11.4 Å². The number of pyridine rings is 1. The molecular formula is C16H21N3O. The summed E-state index contributed by atoms with van der Waals surface area (Å²) >= 11 is 0. The Kier molecular flexibility index (Phi) is 4.96. The van der Waals surface area contributed by atoms with E-state index in [9.17, 15) is 0 Å². The summed E-state index contributed by atoms with van der Waals surface area (Å²) in [6.45, 7) is 4.25. The number of hydrogen-bond acceptors (Lipinski definition) is 4. The molecule has 4 heteroatoms. The monoisotopic (exact) mass is 271 g/mol. The van der Waals surface area contributed by atoms with Gasteiger partial charge >= 0.3 is 0 Å². The number of rotatable bonds is 6. The third-order valence-corrected chi connectivity index (χ3v) is 3.03. The molecule has 2 aromatic rings. The van der Waals surface area contributed by atoms with Crippen LogP contribution in [0.4, 0.5) is 5.69 Å². The highest BCUT2D eigenvalue weighted by atomic mass is 16.5. The normalized spacial score (nSPS) is 10.8.